The van der Waals surface area contributed by atoms with E-state index in [1.54, 1.807) is 29.2 Å². The van der Waals surface area contributed by atoms with Crippen molar-refractivity contribution in [1.29, 1.82) is 0 Å². The predicted molar refractivity (Wildman–Crippen MR) is 118 cm³/mol. The van der Waals surface area contributed by atoms with E-state index in [9.17, 15) is 14.4 Å². The van der Waals surface area contributed by atoms with Crippen LogP contribution in [0.2, 0.25) is 0 Å². The zero-order valence-electron chi connectivity index (χ0n) is 17.0. The maximum Gasteiger partial charge on any atom is 0.339 e. The van der Waals surface area contributed by atoms with Crippen LogP contribution in [-0.2, 0) is 27.2 Å². The number of hydrogen-bond acceptors (Lipinski definition) is 4. The van der Waals surface area contributed by atoms with Gasteiger partial charge in [-0.05, 0) is 65.4 Å². The van der Waals surface area contributed by atoms with Crippen LogP contribution >= 0.6 is 0 Å². The molecule has 1 N–H and O–H groups in total. The van der Waals surface area contributed by atoms with Crippen molar-refractivity contribution in [2.24, 2.45) is 0 Å². The summed E-state index contributed by atoms with van der Waals surface area (Å²) in [5.74, 6) is -0.853. The van der Waals surface area contributed by atoms with E-state index in [4.69, 9.17) is 4.74 Å². The van der Waals surface area contributed by atoms with Crippen molar-refractivity contribution in [1.82, 2.24) is 0 Å². The van der Waals surface area contributed by atoms with E-state index < -0.39 is 11.9 Å². The standard InChI is InChI=1S/C25H22N2O4/c28-22(26-18-5-2-6-19(14-18)27-13-3-8-23(27)29)15-31-25(30)21-12-11-17-10-9-16-4-1-7-20(21)24(16)17/h1-2,4-7,11-12,14H,3,8-10,13,15H2,(H,26,28). The summed E-state index contributed by atoms with van der Waals surface area (Å²) in [6, 6.07) is 16.8. The number of hydrogen-bond donors (Lipinski definition) is 1. The van der Waals surface area contributed by atoms with Gasteiger partial charge < -0.3 is 15.0 Å². The topological polar surface area (TPSA) is 75.7 Å². The van der Waals surface area contributed by atoms with Gasteiger partial charge in [0.1, 0.15) is 0 Å². The summed E-state index contributed by atoms with van der Waals surface area (Å²) in [4.78, 5) is 38.7. The number of aryl methyl sites for hydroxylation is 2. The highest BCUT2D eigenvalue weighted by molar-refractivity contribution is 6.07. The van der Waals surface area contributed by atoms with E-state index in [0.29, 0.717) is 24.2 Å². The van der Waals surface area contributed by atoms with E-state index in [-0.39, 0.29) is 12.5 Å². The first-order chi connectivity index (χ1) is 15.1. The van der Waals surface area contributed by atoms with Crippen molar-refractivity contribution in [2.75, 3.05) is 23.4 Å². The first-order valence-corrected chi connectivity index (χ1v) is 10.5. The van der Waals surface area contributed by atoms with Crippen molar-refractivity contribution in [3.05, 3.63) is 71.3 Å². The molecule has 1 aliphatic carbocycles. The minimum atomic E-state index is -0.512. The first-order valence-electron chi connectivity index (χ1n) is 10.5. The van der Waals surface area contributed by atoms with Gasteiger partial charge in [0.25, 0.3) is 5.91 Å². The van der Waals surface area contributed by atoms with Crippen LogP contribution in [0, 0.1) is 0 Å². The molecule has 5 rings (SSSR count). The highest BCUT2D eigenvalue weighted by Gasteiger charge is 2.22. The lowest BCUT2D eigenvalue weighted by atomic mass is 10.00. The van der Waals surface area contributed by atoms with E-state index in [1.807, 2.05) is 24.3 Å². The zero-order chi connectivity index (χ0) is 21.4. The van der Waals surface area contributed by atoms with Crippen LogP contribution in [0.15, 0.2) is 54.6 Å². The molecule has 3 aromatic carbocycles. The summed E-state index contributed by atoms with van der Waals surface area (Å²) in [6.07, 6.45) is 3.34. The number of carbonyl (C=O) groups is 3. The Bertz CT molecular complexity index is 1210. The molecule has 6 nitrogen and oxygen atoms in total. The smallest absolute Gasteiger partial charge is 0.339 e. The molecule has 0 atom stereocenters. The van der Waals surface area contributed by atoms with E-state index in [2.05, 4.69) is 11.4 Å². The third-order valence-electron chi connectivity index (χ3n) is 5.95. The highest BCUT2D eigenvalue weighted by Crippen LogP contribution is 2.33. The molecule has 1 heterocycles. The van der Waals surface area contributed by atoms with Crippen molar-refractivity contribution >= 4 is 39.9 Å². The second kappa shape index (κ2) is 7.87. The summed E-state index contributed by atoms with van der Waals surface area (Å²) in [5, 5.41) is 4.75. The van der Waals surface area contributed by atoms with Gasteiger partial charge in [-0.25, -0.2) is 4.79 Å². The maximum absolute atomic E-state index is 12.7. The third kappa shape index (κ3) is 3.65. The number of amides is 2. The second-order valence-electron chi connectivity index (χ2n) is 7.94. The van der Waals surface area contributed by atoms with Crippen LogP contribution < -0.4 is 10.2 Å². The lowest BCUT2D eigenvalue weighted by Crippen LogP contribution is -2.24. The van der Waals surface area contributed by atoms with Crippen molar-refractivity contribution in [3.63, 3.8) is 0 Å². The molecule has 31 heavy (non-hydrogen) atoms. The van der Waals surface area contributed by atoms with Gasteiger partial charge in [-0.1, -0.05) is 30.3 Å². The Balaban J connectivity index is 1.25. The Morgan fingerprint density at radius 1 is 0.968 bits per heavy atom. The van der Waals surface area contributed by atoms with Crippen LogP contribution in [0.3, 0.4) is 0 Å². The van der Waals surface area contributed by atoms with Crippen molar-refractivity contribution < 1.29 is 19.1 Å². The van der Waals surface area contributed by atoms with Gasteiger partial charge in [-0.3, -0.25) is 9.59 Å². The molecular weight excluding hydrogens is 392 g/mol. The van der Waals surface area contributed by atoms with E-state index in [1.165, 1.54) is 11.1 Å². The zero-order valence-corrected chi connectivity index (χ0v) is 17.0. The van der Waals surface area contributed by atoms with Gasteiger partial charge in [-0.2, -0.15) is 0 Å². The van der Waals surface area contributed by atoms with Gasteiger partial charge in [-0.15, -0.1) is 0 Å². The molecule has 0 aromatic heterocycles. The molecule has 1 saturated heterocycles. The summed E-state index contributed by atoms with van der Waals surface area (Å²) in [7, 11) is 0. The quantitative estimate of drug-likeness (QED) is 0.644. The summed E-state index contributed by atoms with van der Waals surface area (Å²) in [6.45, 7) is 0.303. The minimum Gasteiger partial charge on any atom is -0.452 e. The minimum absolute atomic E-state index is 0.0859. The van der Waals surface area contributed by atoms with Crippen LogP contribution in [0.25, 0.3) is 10.8 Å². The summed E-state index contributed by atoms with van der Waals surface area (Å²) < 4.78 is 5.30. The first kappa shape index (κ1) is 19.3. The van der Waals surface area contributed by atoms with E-state index in [0.717, 1.165) is 35.7 Å². The third-order valence-corrected chi connectivity index (χ3v) is 5.95. The Morgan fingerprint density at radius 2 is 1.77 bits per heavy atom. The number of carbonyl (C=O) groups excluding carboxylic acids is 3. The molecule has 0 unspecified atom stereocenters. The molecule has 2 aliphatic rings. The SMILES string of the molecule is O=C(COC(=O)c1ccc2c3c(cccc13)CC2)Nc1cccc(N2CCCC2=O)c1. The molecule has 2 amide bonds. The molecule has 0 radical (unpaired) electrons. The molecule has 3 aromatic rings. The highest BCUT2D eigenvalue weighted by atomic mass is 16.5. The van der Waals surface area contributed by atoms with Gasteiger partial charge in [0.15, 0.2) is 6.61 Å². The molecule has 1 fully saturated rings. The fraction of sp³-hybridized carbons (Fsp3) is 0.240. The number of nitrogens with zero attached hydrogens (tertiary/aromatic N) is 1. The number of ether oxygens (including phenoxy) is 1. The molecule has 6 heteroatoms. The molecule has 0 saturated carbocycles. The number of anilines is 2. The molecule has 0 bridgehead atoms. The number of nitrogens with one attached hydrogen (secondary N) is 1. The number of esters is 1. The van der Waals surface area contributed by atoms with Gasteiger partial charge in [0.2, 0.25) is 5.91 Å². The number of rotatable bonds is 5. The Kier molecular flexibility index (Phi) is 4.90. The van der Waals surface area contributed by atoms with Gasteiger partial charge in [0.05, 0.1) is 5.56 Å². The average Bonchev–Trinajstić information content (AvgIpc) is 3.40. The Labute approximate surface area is 179 Å². The second-order valence-corrected chi connectivity index (χ2v) is 7.94. The summed E-state index contributed by atoms with van der Waals surface area (Å²) >= 11 is 0. The Hall–Kier alpha value is -3.67. The largest absolute Gasteiger partial charge is 0.452 e. The number of benzene rings is 3. The molecule has 1 aliphatic heterocycles. The summed E-state index contributed by atoms with van der Waals surface area (Å²) in [5.41, 5.74) is 4.28. The van der Waals surface area contributed by atoms with Crippen LogP contribution in [-0.4, -0.2) is 30.9 Å². The van der Waals surface area contributed by atoms with Crippen molar-refractivity contribution in [2.45, 2.75) is 25.7 Å². The molecular formula is C25H22N2O4. The molecule has 156 valence electrons. The average molecular weight is 414 g/mol. The van der Waals surface area contributed by atoms with Gasteiger partial charge >= 0.3 is 5.97 Å². The van der Waals surface area contributed by atoms with Crippen LogP contribution in [0.4, 0.5) is 11.4 Å². The monoisotopic (exact) mass is 414 g/mol. The lowest BCUT2D eigenvalue weighted by molar-refractivity contribution is -0.119. The Morgan fingerprint density at radius 3 is 2.58 bits per heavy atom. The maximum atomic E-state index is 12.7. The van der Waals surface area contributed by atoms with Gasteiger partial charge in [0, 0.05) is 24.3 Å². The fourth-order valence-corrected chi connectivity index (χ4v) is 4.50. The van der Waals surface area contributed by atoms with E-state index >= 15 is 0 Å². The normalized spacial score (nSPS) is 14.8. The fourth-order valence-electron chi connectivity index (χ4n) is 4.50. The van der Waals surface area contributed by atoms with Crippen LogP contribution in [0.5, 0.6) is 0 Å². The van der Waals surface area contributed by atoms with Crippen molar-refractivity contribution in [3.8, 4) is 0 Å². The predicted octanol–water partition coefficient (Wildman–Crippen LogP) is 3.86. The van der Waals surface area contributed by atoms with Crippen LogP contribution in [0.1, 0.15) is 34.3 Å². The lowest BCUT2D eigenvalue weighted by Gasteiger charge is -2.16. The molecule has 0 spiro atoms.